The van der Waals surface area contributed by atoms with Gasteiger partial charge in [0.1, 0.15) is 11.6 Å². The summed E-state index contributed by atoms with van der Waals surface area (Å²) < 4.78 is 26.3. The van der Waals surface area contributed by atoms with E-state index in [-0.39, 0.29) is 17.9 Å². The molecule has 2 rings (SSSR count). The van der Waals surface area contributed by atoms with Gasteiger partial charge in [-0.05, 0) is 38.4 Å². The summed E-state index contributed by atoms with van der Waals surface area (Å²) in [7, 11) is 0. The molecule has 0 bridgehead atoms. The van der Waals surface area contributed by atoms with Crippen molar-refractivity contribution >= 4 is 5.91 Å². The fraction of sp³-hybridized carbons (Fsp3) is 0.533. The van der Waals surface area contributed by atoms with E-state index in [1.165, 1.54) is 12.1 Å². The molecule has 1 saturated heterocycles. The van der Waals surface area contributed by atoms with E-state index >= 15 is 0 Å². The number of amides is 1. The minimum atomic E-state index is -0.624. The molecule has 1 heterocycles. The molecule has 0 radical (unpaired) electrons. The Kier molecular flexibility index (Phi) is 4.70. The van der Waals surface area contributed by atoms with Gasteiger partial charge >= 0.3 is 0 Å². The van der Waals surface area contributed by atoms with E-state index in [0.29, 0.717) is 5.56 Å². The highest BCUT2D eigenvalue weighted by Gasteiger charge is 2.37. The molecule has 1 aliphatic heterocycles. The fourth-order valence-electron chi connectivity index (χ4n) is 2.67. The summed E-state index contributed by atoms with van der Waals surface area (Å²) in [6.45, 7) is 3.75. The van der Waals surface area contributed by atoms with Gasteiger partial charge in [-0.2, -0.15) is 0 Å². The van der Waals surface area contributed by atoms with Gasteiger partial charge < -0.3 is 10.6 Å². The molecule has 0 atom stereocenters. The SMILES string of the molecule is CCC1(C(=O)NCc2ccc(F)cc2F)CCNCC1. The van der Waals surface area contributed by atoms with Crippen LogP contribution >= 0.6 is 0 Å². The second-order valence-corrected chi connectivity index (χ2v) is 5.30. The third-order valence-electron chi connectivity index (χ3n) is 4.17. The molecular formula is C15H20F2N2O. The van der Waals surface area contributed by atoms with E-state index in [1.807, 2.05) is 6.92 Å². The van der Waals surface area contributed by atoms with Crippen molar-refractivity contribution in [3.05, 3.63) is 35.4 Å². The lowest BCUT2D eigenvalue weighted by Crippen LogP contribution is -2.47. The highest BCUT2D eigenvalue weighted by atomic mass is 19.1. The quantitative estimate of drug-likeness (QED) is 0.890. The van der Waals surface area contributed by atoms with Crippen molar-refractivity contribution in [3.63, 3.8) is 0 Å². The number of carbonyl (C=O) groups is 1. The summed E-state index contributed by atoms with van der Waals surface area (Å²) >= 11 is 0. The van der Waals surface area contributed by atoms with Gasteiger partial charge in [0.2, 0.25) is 5.91 Å². The van der Waals surface area contributed by atoms with Crippen LogP contribution in [0.25, 0.3) is 0 Å². The van der Waals surface area contributed by atoms with E-state index in [4.69, 9.17) is 0 Å². The van der Waals surface area contributed by atoms with Crippen molar-refractivity contribution in [1.82, 2.24) is 10.6 Å². The smallest absolute Gasteiger partial charge is 0.226 e. The average Bonchev–Trinajstić information content (AvgIpc) is 2.46. The van der Waals surface area contributed by atoms with Gasteiger partial charge in [-0.1, -0.05) is 13.0 Å². The van der Waals surface area contributed by atoms with E-state index in [1.54, 1.807) is 0 Å². The van der Waals surface area contributed by atoms with Gasteiger partial charge in [-0.15, -0.1) is 0 Å². The number of benzene rings is 1. The first-order valence-corrected chi connectivity index (χ1v) is 7.00. The van der Waals surface area contributed by atoms with E-state index in [9.17, 15) is 13.6 Å². The summed E-state index contributed by atoms with van der Waals surface area (Å²) in [5.41, 5.74) is -0.0539. The molecule has 0 aromatic heterocycles. The van der Waals surface area contributed by atoms with Gasteiger partial charge in [0, 0.05) is 18.2 Å². The predicted molar refractivity (Wildman–Crippen MR) is 73.0 cm³/mol. The molecule has 1 aromatic rings. The normalized spacial score (nSPS) is 17.8. The van der Waals surface area contributed by atoms with Crippen molar-refractivity contribution in [2.75, 3.05) is 13.1 Å². The number of hydrogen-bond donors (Lipinski definition) is 2. The zero-order valence-electron chi connectivity index (χ0n) is 11.6. The number of carbonyl (C=O) groups excluding carboxylic acids is 1. The Balaban J connectivity index is 2.00. The Morgan fingerprint density at radius 2 is 2.05 bits per heavy atom. The van der Waals surface area contributed by atoms with Crippen molar-refractivity contribution in [2.24, 2.45) is 5.41 Å². The summed E-state index contributed by atoms with van der Waals surface area (Å²) in [5, 5.41) is 6.03. The zero-order chi connectivity index (χ0) is 14.6. The van der Waals surface area contributed by atoms with Crippen LogP contribution in [0.1, 0.15) is 31.7 Å². The number of rotatable bonds is 4. The number of hydrogen-bond acceptors (Lipinski definition) is 2. The van der Waals surface area contributed by atoms with Gasteiger partial charge in [0.15, 0.2) is 0 Å². The lowest BCUT2D eigenvalue weighted by atomic mass is 9.76. The maximum absolute atomic E-state index is 13.5. The Morgan fingerprint density at radius 3 is 2.65 bits per heavy atom. The molecule has 5 heteroatoms. The molecule has 110 valence electrons. The Labute approximate surface area is 117 Å². The van der Waals surface area contributed by atoms with Crippen molar-refractivity contribution in [1.29, 1.82) is 0 Å². The third kappa shape index (κ3) is 3.15. The molecule has 1 fully saturated rings. The van der Waals surface area contributed by atoms with Crippen LogP contribution in [0.2, 0.25) is 0 Å². The average molecular weight is 282 g/mol. The van der Waals surface area contributed by atoms with Crippen molar-refractivity contribution in [3.8, 4) is 0 Å². The second-order valence-electron chi connectivity index (χ2n) is 5.30. The van der Waals surface area contributed by atoms with Crippen LogP contribution in [0, 0.1) is 17.0 Å². The topological polar surface area (TPSA) is 41.1 Å². The zero-order valence-corrected chi connectivity index (χ0v) is 11.6. The number of piperidine rings is 1. The largest absolute Gasteiger partial charge is 0.351 e. The van der Waals surface area contributed by atoms with Gasteiger partial charge in [-0.25, -0.2) is 8.78 Å². The van der Waals surface area contributed by atoms with Crippen LogP contribution in [0.15, 0.2) is 18.2 Å². The molecule has 3 nitrogen and oxygen atoms in total. The van der Waals surface area contributed by atoms with E-state index in [2.05, 4.69) is 10.6 Å². The lowest BCUT2D eigenvalue weighted by Gasteiger charge is -2.35. The highest BCUT2D eigenvalue weighted by molar-refractivity contribution is 5.82. The monoisotopic (exact) mass is 282 g/mol. The van der Waals surface area contributed by atoms with Crippen LogP contribution in [0.5, 0.6) is 0 Å². The lowest BCUT2D eigenvalue weighted by molar-refractivity contribution is -0.133. The van der Waals surface area contributed by atoms with Crippen LogP contribution in [-0.4, -0.2) is 19.0 Å². The van der Waals surface area contributed by atoms with Crippen molar-refractivity contribution in [2.45, 2.75) is 32.7 Å². The molecule has 1 amide bonds. The molecular weight excluding hydrogens is 262 g/mol. The first kappa shape index (κ1) is 14.9. The molecule has 0 spiro atoms. The maximum Gasteiger partial charge on any atom is 0.226 e. The van der Waals surface area contributed by atoms with Crippen LogP contribution in [0.4, 0.5) is 8.78 Å². The molecule has 2 N–H and O–H groups in total. The molecule has 20 heavy (non-hydrogen) atoms. The Hall–Kier alpha value is -1.49. The van der Waals surface area contributed by atoms with Crippen molar-refractivity contribution < 1.29 is 13.6 Å². The Bertz CT molecular complexity index is 485. The minimum Gasteiger partial charge on any atom is -0.351 e. The van der Waals surface area contributed by atoms with Gasteiger partial charge in [0.05, 0.1) is 5.41 Å². The molecule has 0 aliphatic carbocycles. The van der Waals surface area contributed by atoms with Crippen LogP contribution in [-0.2, 0) is 11.3 Å². The summed E-state index contributed by atoms with van der Waals surface area (Å²) in [6, 6.07) is 3.40. The molecule has 0 unspecified atom stereocenters. The Morgan fingerprint density at radius 1 is 1.35 bits per heavy atom. The van der Waals surface area contributed by atoms with Gasteiger partial charge in [0.25, 0.3) is 0 Å². The first-order chi connectivity index (χ1) is 9.57. The first-order valence-electron chi connectivity index (χ1n) is 7.00. The van der Waals surface area contributed by atoms with Crippen LogP contribution < -0.4 is 10.6 Å². The second kappa shape index (κ2) is 6.31. The minimum absolute atomic E-state index is 0.0368. The highest BCUT2D eigenvalue weighted by Crippen LogP contribution is 2.32. The predicted octanol–water partition coefficient (Wildman–Crippen LogP) is 2.36. The summed E-state index contributed by atoms with van der Waals surface area (Å²) in [4.78, 5) is 12.4. The third-order valence-corrected chi connectivity index (χ3v) is 4.17. The van der Waals surface area contributed by atoms with E-state index in [0.717, 1.165) is 38.4 Å². The standard InChI is InChI=1S/C15H20F2N2O/c1-2-15(5-7-18-8-6-15)14(20)19-10-11-3-4-12(16)9-13(11)17/h3-4,9,18H,2,5-8,10H2,1H3,(H,19,20). The molecule has 1 aromatic carbocycles. The maximum atomic E-state index is 13.5. The number of halogens is 2. The van der Waals surface area contributed by atoms with Gasteiger partial charge in [-0.3, -0.25) is 4.79 Å². The fourth-order valence-corrected chi connectivity index (χ4v) is 2.67. The van der Waals surface area contributed by atoms with Crippen LogP contribution in [0.3, 0.4) is 0 Å². The molecule has 1 aliphatic rings. The van der Waals surface area contributed by atoms with E-state index < -0.39 is 11.6 Å². The summed E-state index contributed by atoms with van der Waals surface area (Å²) in [6.07, 6.45) is 2.36. The number of nitrogens with one attached hydrogen (secondary N) is 2. The molecule has 0 saturated carbocycles. The summed E-state index contributed by atoms with van der Waals surface area (Å²) in [5.74, 6) is -1.27.